The Morgan fingerprint density at radius 2 is 1.87 bits per heavy atom. The quantitative estimate of drug-likeness (QED) is 0.856. The summed E-state index contributed by atoms with van der Waals surface area (Å²) in [5.74, 6) is 1.67. The number of carbonyl (C=O) groups is 2. The molecule has 1 saturated carbocycles. The van der Waals surface area contributed by atoms with E-state index in [1.807, 2.05) is 34.1 Å². The molecule has 1 aromatic carbocycles. The van der Waals surface area contributed by atoms with Crippen molar-refractivity contribution in [2.75, 3.05) is 26.7 Å². The predicted octanol–water partition coefficient (Wildman–Crippen LogP) is 2.23. The molecule has 1 aliphatic heterocycles. The first-order chi connectivity index (χ1) is 11.1. The van der Waals surface area contributed by atoms with E-state index < -0.39 is 0 Å². The van der Waals surface area contributed by atoms with Crippen molar-refractivity contribution in [2.45, 2.75) is 32.2 Å². The van der Waals surface area contributed by atoms with E-state index >= 15 is 0 Å². The molecule has 0 radical (unpaired) electrons. The average molecular weight is 316 g/mol. The van der Waals surface area contributed by atoms with Crippen molar-refractivity contribution in [2.24, 2.45) is 5.92 Å². The van der Waals surface area contributed by atoms with Crippen molar-refractivity contribution in [1.82, 2.24) is 9.80 Å². The molecule has 0 bridgehead atoms. The summed E-state index contributed by atoms with van der Waals surface area (Å²) < 4.78 is 5.20. The number of carbonyl (C=O) groups excluding carboxylic acids is 2. The SMILES string of the molecule is COc1ccc([C@@H]2CN(C(=O)CC3CC3)CCN2C(C)=O)cc1. The maximum atomic E-state index is 12.4. The van der Waals surface area contributed by atoms with Gasteiger partial charge in [-0.05, 0) is 36.5 Å². The summed E-state index contributed by atoms with van der Waals surface area (Å²) in [6, 6.07) is 7.69. The molecule has 2 fully saturated rings. The van der Waals surface area contributed by atoms with Gasteiger partial charge in [0, 0.05) is 33.0 Å². The van der Waals surface area contributed by atoms with Gasteiger partial charge in [0.1, 0.15) is 5.75 Å². The standard InChI is InChI=1S/C18H24N2O3/c1-13(21)20-10-9-19(18(22)11-14-3-4-14)12-17(20)15-5-7-16(23-2)8-6-15/h5-8,14,17H,3-4,9-12H2,1-2H3/t17-/m0/s1. The number of piperazine rings is 1. The van der Waals surface area contributed by atoms with Crippen molar-refractivity contribution in [3.63, 3.8) is 0 Å². The lowest BCUT2D eigenvalue weighted by Crippen LogP contribution is -2.51. The Bertz CT molecular complexity index is 580. The van der Waals surface area contributed by atoms with Crippen LogP contribution < -0.4 is 4.74 Å². The first-order valence-corrected chi connectivity index (χ1v) is 8.27. The van der Waals surface area contributed by atoms with Crippen LogP contribution in [0, 0.1) is 5.92 Å². The molecule has 0 spiro atoms. The average Bonchev–Trinajstić information content (AvgIpc) is 3.38. The fourth-order valence-electron chi connectivity index (χ4n) is 3.20. The van der Waals surface area contributed by atoms with Crippen LogP contribution in [0.3, 0.4) is 0 Å². The van der Waals surface area contributed by atoms with Crippen LogP contribution in [0.15, 0.2) is 24.3 Å². The summed E-state index contributed by atoms with van der Waals surface area (Å²) in [6.07, 6.45) is 3.03. The molecular formula is C18H24N2O3. The van der Waals surface area contributed by atoms with Gasteiger partial charge in [-0.15, -0.1) is 0 Å². The third-order valence-electron chi connectivity index (χ3n) is 4.80. The van der Waals surface area contributed by atoms with Gasteiger partial charge in [-0.2, -0.15) is 0 Å². The van der Waals surface area contributed by atoms with Gasteiger partial charge in [0.2, 0.25) is 11.8 Å². The largest absolute Gasteiger partial charge is 0.497 e. The normalized spacial score (nSPS) is 21.2. The maximum Gasteiger partial charge on any atom is 0.222 e. The third-order valence-corrected chi connectivity index (χ3v) is 4.80. The van der Waals surface area contributed by atoms with Crippen LogP contribution in [-0.4, -0.2) is 48.4 Å². The minimum absolute atomic E-state index is 0.0557. The summed E-state index contributed by atoms with van der Waals surface area (Å²) in [5, 5.41) is 0. The molecule has 124 valence electrons. The highest BCUT2D eigenvalue weighted by molar-refractivity contribution is 5.78. The van der Waals surface area contributed by atoms with Gasteiger partial charge in [-0.3, -0.25) is 9.59 Å². The molecule has 1 heterocycles. The number of hydrogen-bond donors (Lipinski definition) is 0. The number of hydrogen-bond acceptors (Lipinski definition) is 3. The minimum Gasteiger partial charge on any atom is -0.497 e. The summed E-state index contributed by atoms with van der Waals surface area (Å²) >= 11 is 0. The van der Waals surface area contributed by atoms with E-state index in [9.17, 15) is 9.59 Å². The molecule has 5 nitrogen and oxygen atoms in total. The first-order valence-electron chi connectivity index (χ1n) is 8.27. The summed E-state index contributed by atoms with van der Waals surface area (Å²) in [7, 11) is 1.63. The topological polar surface area (TPSA) is 49.9 Å². The molecule has 5 heteroatoms. The van der Waals surface area contributed by atoms with E-state index in [4.69, 9.17) is 4.74 Å². The Balaban J connectivity index is 1.76. The maximum absolute atomic E-state index is 12.4. The van der Waals surface area contributed by atoms with Crippen LogP contribution in [0.5, 0.6) is 5.75 Å². The number of amides is 2. The van der Waals surface area contributed by atoms with Crippen LogP contribution in [0.4, 0.5) is 0 Å². The minimum atomic E-state index is -0.0738. The summed E-state index contributed by atoms with van der Waals surface area (Å²) in [6.45, 7) is 3.41. The number of rotatable bonds is 4. The molecule has 1 aliphatic carbocycles. The van der Waals surface area contributed by atoms with E-state index in [0.29, 0.717) is 32.0 Å². The van der Waals surface area contributed by atoms with Crippen molar-refractivity contribution < 1.29 is 14.3 Å². The van der Waals surface area contributed by atoms with Crippen LogP contribution in [0.1, 0.15) is 37.8 Å². The summed E-state index contributed by atoms with van der Waals surface area (Å²) in [5.41, 5.74) is 1.05. The van der Waals surface area contributed by atoms with E-state index in [2.05, 4.69) is 0 Å². The number of methoxy groups -OCH3 is 1. The zero-order valence-electron chi connectivity index (χ0n) is 13.8. The van der Waals surface area contributed by atoms with Gasteiger partial charge in [0.05, 0.1) is 13.2 Å². The fourth-order valence-corrected chi connectivity index (χ4v) is 3.20. The molecule has 1 aromatic rings. The zero-order chi connectivity index (χ0) is 16.4. The highest BCUT2D eigenvalue weighted by Gasteiger charge is 2.34. The highest BCUT2D eigenvalue weighted by atomic mass is 16.5. The first kappa shape index (κ1) is 15.8. The molecule has 3 rings (SSSR count). The second kappa shape index (κ2) is 6.60. The van der Waals surface area contributed by atoms with E-state index in [1.165, 1.54) is 12.8 Å². The molecule has 2 aliphatic rings. The second-order valence-corrected chi connectivity index (χ2v) is 6.49. The smallest absolute Gasteiger partial charge is 0.222 e. The Morgan fingerprint density at radius 3 is 2.43 bits per heavy atom. The van der Waals surface area contributed by atoms with Gasteiger partial charge in [-0.1, -0.05) is 12.1 Å². The van der Waals surface area contributed by atoms with Crippen LogP contribution in [-0.2, 0) is 9.59 Å². The highest BCUT2D eigenvalue weighted by Crippen LogP contribution is 2.34. The van der Waals surface area contributed by atoms with E-state index in [1.54, 1.807) is 14.0 Å². The molecule has 23 heavy (non-hydrogen) atoms. The van der Waals surface area contributed by atoms with Crippen LogP contribution in [0.25, 0.3) is 0 Å². The van der Waals surface area contributed by atoms with Crippen molar-refractivity contribution in [3.05, 3.63) is 29.8 Å². The molecule has 1 atom stereocenters. The Hall–Kier alpha value is -2.04. The van der Waals surface area contributed by atoms with Gasteiger partial charge in [-0.25, -0.2) is 0 Å². The Kier molecular flexibility index (Phi) is 4.55. The van der Waals surface area contributed by atoms with Gasteiger partial charge < -0.3 is 14.5 Å². The predicted molar refractivity (Wildman–Crippen MR) is 87.0 cm³/mol. The van der Waals surface area contributed by atoms with Crippen molar-refractivity contribution in [3.8, 4) is 5.75 Å². The van der Waals surface area contributed by atoms with Crippen LogP contribution in [0.2, 0.25) is 0 Å². The van der Waals surface area contributed by atoms with E-state index in [-0.39, 0.29) is 17.9 Å². The van der Waals surface area contributed by atoms with Crippen molar-refractivity contribution in [1.29, 1.82) is 0 Å². The Morgan fingerprint density at radius 1 is 1.17 bits per heavy atom. The molecule has 0 unspecified atom stereocenters. The van der Waals surface area contributed by atoms with Crippen molar-refractivity contribution >= 4 is 11.8 Å². The number of benzene rings is 1. The number of ether oxygens (including phenoxy) is 1. The molecule has 0 aromatic heterocycles. The molecule has 2 amide bonds. The second-order valence-electron chi connectivity index (χ2n) is 6.49. The molecule has 1 saturated heterocycles. The molecular weight excluding hydrogens is 292 g/mol. The van der Waals surface area contributed by atoms with Gasteiger partial charge in [0.15, 0.2) is 0 Å². The zero-order valence-corrected chi connectivity index (χ0v) is 13.8. The lowest BCUT2D eigenvalue weighted by molar-refractivity contribution is -0.142. The van der Waals surface area contributed by atoms with E-state index in [0.717, 1.165) is 11.3 Å². The van der Waals surface area contributed by atoms with Gasteiger partial charge in [0.25, 0.3) is 0 Å². The van der Waals surface area contributed by atoms with Crippen LogP contribution >= 0.6 is 0 Å². The molecule has 0 N–H and O–H groups in total. The van der Waals surface area contributed by atoms with Gasteiger partial charge >= 0.3 is 0 Å². The lowest BCUT2D eigenvalue weighted by atomic mass is 10.0. The number of nitrogens with zero attached hydrogens (tertiary/aromatic N) is 2. The lowest BCUT2D eigenvalue weighted by Gasteiger charge is -2.41. The Labute approximate surface area is 137 Å². The fraction of sp³-hybridized carbons (Fsp3) is 0.556. The third kappa shape index (κ3) is 3.66. The summed E-state index contributed by atoms with van der Waals surface area (Å²) in [4.78, 5) is 28.2. The monoisotopic (exact) mass is 316 g/mol.